The molecule has 0 atom stereocenters. The number of halogens is 1. The van der Waals surface area contributed by atoms with Crippen molar-refractivity contribution in [3.05, 3.63) is 11.6 Å². The lowest BCUT2D eigenvalue weighted by Crippen LogP contribution is -2.37. The molecule has 0 amide bonds. The fraction of sp³-hybridized carbons (Fsp3) is 0.800. The van der Waals surface area contributed by atoms with Crippen molar-refractivity contribution in [1.29, 1.82) is 0 Å². The monoisotopic (exact) mass is 245 g/mol. The van der Waals surface area contributed by atoms with E-state index in [1.807, 2.05) is 6.92 Å². The first-order valence-corrected chi connectivity index (χ1v) is 6.03. The largest absolute Gasteiger partial charge is 0.381 e. The van der Waals surface area contributed by atoms with Crippen LogP contribution in [0.5, 0.6) is 0 Å². The van der Waals surface area contributed by atoms with Crippen LogP contribution in [0.1, 0.15) is 31.4 Å². The third-order valence-electron chi connectivity index (χ3n) is 2.79. The molecule has 0 saturated carbocycles. The third-order valence-corrected chi connectivity index (χ3v) is 3.04. The number of hydrogen-bond donors (Lipinski definition) is 1. The maximum absolute atomic E-state index is 5.85. The van der Waals surface area contributed by atoms with Crippen molar-refractivity contribution < 1.29 is 9.47 Å². The summed E-state index contributed by atoms with van der Waals surface area (Å²) < 4.78 is 11.2. The highest BCUT2D eigenvalue weighted by molar-refractivity contribution is 6.16. The van der Waals surface area contributed by atoms with Gasteiger partial charge >= 0.3 is 0 Å². The lowest BCUT2D eigenvalue weighted by atomic mass is 9.93. The minimum absolute atomic E-state index is 0.339. The smallest absolute Gasteiger partial charge is 0.182 e. The van der Waals surface area contributed by atoms with Gasteiger partial charge in [0.2, 0.25) is 0 Å². The first kappa shape index (κ1) is 11.8. The van der Waals surface area contributed by atoms with E-state index in [1.165, 1.54) is 0 Å². The van der Waals surface area contributed by atoms with Crippen LogP contribution in [0.25, 0.3) is 0 Å². The van der Waals surface area contributed by atoms with E-state index in [0.717, 1.165) is 12.8 Å². The number of nitrogens with zero attached hydrogens (tertiary/aromatic N) is 2. The number of H-pyrrole nitrogens is 1. The highest BCUT2D eigenvalue weighted by Gasteiger charge is 2.38. The zero-order chi connectivity index (χ0) is 11.4. The summed E-state index contributed by atoms with van der Waals surface area (Å²) in [5, 5.41) is 7.02. The van der Waals surface area contributed by atoms with Crippen molar-refractivity contribution in [3.63, 3.8) is 0 Å². The molecule has 90 valence electrons. The fourth-order valence-corrected chi connectivity index (χ4v) is 2.09. The van der Waals surface area contributed by atoms with Gasteiger partial charge in [-0.25, -0.2) is 4.98 Å². The molecule has 6 heteroatoms. The Morgan fingerprint density at radius 2 is 2.25 bits per heavy atom. The molecule has 1 aromatic rings. The minimum Gasteiger partial charge on any atom is -0.381 e. The molecule has 1 aliphatic rings. The van der Waals surface area contributed by atoms with Gasteiger partial charge < -0.3 is 9.47 Å². The van der Waals surface area contributed by atoms with Crippen molar-refractivity contribution in [2.75, 3.05) is 19.8 Å². The number of nitrogens with one attached hydrogen (secondary N) is 1. The van der Waals surface area contributed by atoms with Crippen LogP contribution in [0.15, 0.2) is 0 Å². The fourth-order valence-electron chi connectivity index (χ4n) is 1.97. The third kappa shape index (κ3) is 2.21. The molecule has 0 aromatic carbocycles. The predicted molar refractivity (Wildman–Crippen MR) is 59.3 cm³/mol. The molecule has 1 fully saturated rings. The number of ether oxygens (including phenoxy) is 2. The predicted octanol–water partition coefficient (Wildman–Crippen LogP) is 1.59. The molecule has 0 spiro atoms. The quantitative estimate of drug-likeness (QED) is 0.819. The van der Waals surface area contributed by atoms with E-state index in [-0.39, 0.29) is 0 Å². The number of hydrogen-bond acceptors (Lipinski definition) is 4. The molecule has 2 heterocycles. The van der Waals surface area contributed by atoms with Gasteiger partial charge in [-0.3, -0.25) is 5.10 Å². The number of rotatable bonds is 4. The highest BCUT2D eigenvalue weighted by atomic mass is 35.5. The van der Waals surface area contributed by atoms with Gasteiger partial charge in [-0.15, -0.1) is 11.6 Å². The van der Waals surface area contributed by atoms with Crippen molar-refractivity contribution in [3.8, 4) is 0 Å². The topological polar surface area (TPSA) is 60.0 Å². The van der Waals surface area contributed by atoms with Crippen LogP contribution in [0.2, 0.25) is 0 Å². The van der Waals surface area contributed by atoms with Gasteiger partial charge in [0.25, 0.3) is 0 Å². The molecule has 1 N–H and O–H groups in total. The molecular formula is C10H16ClN3O2. The van der Waals surface area contributed by atoms with Gasteiger partial charge in [-0.1, -0.05) is 0 Å². The zero-order valence-electron chi connectivity index (χ0n) is 9.33. The molecule has 0 radical (unpaired) electrons. The van der Waals surface area contributed by atoms with Gasteiger partial charge in [-0.05, 0) is 6.92 Å². The lowest BCUT2D eigenvalue weighted by Gasteiger charge is -2.34. The maximum atomic E-state index is 5.85. The maximum Gasteiger partial charge on any atom is 0.182 e. The second kappa shape index (κ2) is 5.12. The summed E-state index contributed by atoms with van der Waals surface area (Å²) in [5.74, 6) is 1.72. The summed E-state index contributed by atoms with van der Waals surface area (Å²) in [4.78, 5) is 4.36. The summed E-state index contributed by atoms with van der Waals surface area (Å²) in [6, 6.07) is 0. The van der Waals surface area contributed by atoms with Crippen molar-refractivity contribution in [2.24, 2.45) is 0 Å². The van der Waals surface area contributed by atoms with Crippen LogP contribution < -0.4 is 0 Å². The average Bonchev–Trinajstić information content (AvgIpc) is 2.80. The first-order chi connectivity index (χ1) is 7.80. The van der Waals surface area contributed by atoms with Gasteiger partial charge in [0.15, 0.2) is 5.82 Å². The molecule has 1 aliphatic heterocycles. The van der Waals surface area contributed by atoms with Crippen LogP contribution in [0, 0.1) is 0 Å². The van der Waals surface area contributed by atoms with Crippen LogP contribution in [-0.4, -0.2) is 35.0 Å². The van der Waals surface area contributed by atoms with E-state index < -0.39 is 5.60 Å². The summed E-state index contributed by atoms with van der Waals surface area (Å²) in [5.41, 5.74) is -0.395. The van der Waals surface area contributed by atoms with Crippen LogP contribution in [0.4, 0.5) is 0 Å². The minimum atomic E-state index is -0.395. The Balaban J connectivity index is 2.23. The normalized spacial score (nSPS) is 19.9. The van der Waals surface area contributed by atoms with Crippen LogP contribution >= 0.6 is 11.6 Å². The standard InChI is InChI=1S/C10H16ClN3O2/c1-2-16-10(3-5-15-6-4-10)9-12-8(7-11)13-14-9/h2-7H2,1H3,(H,12,13,14). The Labute approximate surface area is 99.5 Å². The second-order valence-electron chi connectivity index (χ2n) is 3.78. The van der Waals surface area contributed by atoms with Crippen LogP contribution in [0.3, 0.4) is 0 Å². The van der Waals surface area contributed by atoms with Crippen molar-refractivity contribution >= 4 is 11.6 Å². The second-order valence-corrected chi connectivity index (χ2v) is 4.05. The zero-order valence-corrected chi connectivity index (χ0v) is 10.1. The Morgan fingerprint density at radius 3 is 2.81 bits per heavy atom. The van der Waals surface area contributed by atoms with Gasteiger partial charge in [0.1, 0.15) is 11.4 Å². The SMILES string of the molecule is CCOC1(c2n[nH]c(CCl)n2)CCOCC1. The van der Waals surface area contributed by atoms with Crippen molar-refractivity contribution in [1.82, 2.24) is 15.2 Å². The molecule has 1 aromatic heterocycles. The Hall–Kier alpha value is -0.650. The Morgan fingerprint density at radius 1 is 1.50 bits per heavy atom. The molecule has 16 heavy (non-hydrogen) atoms. The Kier molecular flexibility index (Phi) is 3.78. The van der Waals surface area contributed by atoms with E-state index in [2.05, 4.69) is 15.2 Å². The van der Waals surface area contributed by atoms with E-state index >= 15 is 0 Å². The molecule has 1 saturated heterocycles. The lowest BCUT2D eigenvalue weighted by molar-refractivity contribution is -0.117. The molecular weight excluding hydrogens is 230 g/mol. The van der Waals surface area contributed by atoms with E-state index in [0.29, 0.717) is 37.3 Å². The number of aromatic nitrogens is 3. The van der Waals surface area contributed by atoms with Gasteiger partial charge in [0.05, 0.1) is 5.88 Å². The highest BCUT2D eigenvalue weighted by Crippen LogP contribution is 2.33. The van der Waals surface area contributed by atoms with Crippen LogP contribution in [-0.2, 0) is 21.0 Å². The summed E-state index contributed by atoms with van der Waals surface area (Å²) in [6.07, 6.45) is 1.58. The number of alkyl halides is 1. The Bertz CT molecular complexity index is 331. The summed E-state index contributed by atoms with van der Waals surface area (Å²) in [7, 11) is 0. The van der Waals surface area contributed by atoms with Gasteiger partial charge in [-0.2, -0.15) is 5.10 Å². The molecule has 5 nitrogen and oxygen atoms in total. The number of aromatic amines is 1. The molecule has 0 aliphatic carbocycles. The summed E-state index contributed by atoms with van der Waals surface area (Å²) >= 11 is 5.70. The molecule has 2 rings (SSSR count). The van der Waals surface area contributed by atoms with E-state index in [4.69, 9.17) is 21.1 Å². The van der Waals surface area contributed by atoms with Crippen molar-refractivity contribution in [2.45, 2.75) is 31.2 Å². The molecule has 0 bridgehead atoms. The van der Waals surface area contributed by atoms with Gasteiger partial charge in [0, 0.05) is 32.7 Å². The van der Waals surface area contributed by atoms with E-state index in [1.54, 1.807) is 0 Å². The first-order valence-electron chi connectivity index (χ1n) is 5.50. The average molecular weight is 246 g/mol. The van der Waals surface area contributed by atoms with E-state index in [9.17, 15) is 0 Å². The molecule has 0 unspecified atom stereocenters. The summed E-state index contributed by atoms with van der Waals surface area (Å²) in [6.45, 7) is 3.99.